The van der Waals surface area contributed by atoms with Crippen molar-refractivity contribution in [2.45, 2.75) is 26.3 Å². The largest absolute Gasteiger partial charge is 0.345 e. The molecule has 3 rings (SSSR count). The predicted octanol–water partition coefficient (Wildman–Crippen LogP) is 4.84. The van der Waals surface area contributed by atoms with Gasteiger partial charge in [-0.3, -0.25) is 20.4 Å². The fraction of sp³-hybridized carbons (Fsp3) is 0.160. The number of nitrogens with one attached hydrogen (secondary N) is 4. The van der Waals surface area contributed by atoms with Crippen molar-refractivity contribution in [2.24, 2.45) is 0 Å². The number of thiocarbonyl (C=S) groups is 1. The average Bonchev–Trinajstić information content (AvgIpc) is 2.81. The van der Waals surface area contributed by atoms with Crippen LogP contribution in [0.1, 0.15) is 39.5 Å². The molecule has 3 aromatic carbocycles. The first-order chi connectivity index (χ1) is 15.8. The molecule has 0 aliphatic rings. The van der Waals surface area contributed by atoms with Crippen LogP contribution in [-0.2, 0) is 4.79 Å². The summed E-state index contributed by atoms with van der Waals surface area (Å²) in [6, 6.07) is 21.3. The fourth-order valence-electron chi connectivity index (χ4n) is 3.22. The lowest BCUT2D eigenvalue weighted by atomic mass is 10.0. The zero-order chi connectivity index (χ0) is 23.8. The van der Waals surface area contributed by atoms with E-state index in [0.717, 1.165) is 22.4 Å². The van der Waals surface area contributed by atoms with Crippen molar-refractivity contribution >= 4 is 46.4 Å². The van der Waals surface area contributed by atoms with Gasteiger partial charge in [-0.1, -0.05) is 66.2 Å². The van der Waals surface area contributed by atoms with Gasteiger partial charge in [0.1, 0.15) is 0 Å². The Morgan fingerprint density at radius 2 is 1.61 bits per heavy atom. The Morgan fingerprint density at radius 3 is 2.33 bits per heavy atom. The molecule has 0 aliphatic heterocycles. The number of amides is 2. The molecule has 1 atom stereocenters. The second-order valence-corrected chi connectivity index (χ2v) is 8.31. The number of hydrogen-bond acceptors (Lipinski definition) is 3. The van der Waals surface area contributed by atoms with E-state index in [2.05, 4.69) is 21.5 Å². The number of carbonyl (C=O) groups is 2. The number of carbonyl (C=O) groups excluding carboxylic acids is 2. The summed E-state index contributed by atoms with van der Waals surface area (Å²) in [5, 5.41) is 6.58. The van der Waals surface area contributed by atoms with E-state index in [-0.39, 0.29) is 23.3 Å². The Bertz CT molecular complexity index is 1150. The first kappa shape index (κ1) is 24.2. The van der Waals surface area contributed by atoms with Gasteiger partial charge >= 0.3 is 0 Å². The minimum absolute atomic E-state index is 0.000702. The lowest BCUT2D eigenvalue weighted by Crippen LogP contribution is -2.45. The van der Waals surface area contributed by atoms with Gasteiger partial charge in [-0.2, -0.15) is 0 Å². The zero-order valence-electron chi connectivity index (χ0n) is 18.3. The molecule has 0 aliphatic carbocycles. The maximum atomic E-state index is 12.8. The summed E-state index contributed by atoms with van der Waals surface area (Å²) in [6.07, 6.45) is -0.000702. The molecule has 170 valence electrons. The monoisotopic (exact) mass is 480 g/mol. The average molecular weight is 481 g/mol. The molecular weight excluding hydrogens is 456 g/mol. The molecule has 0 spiro atoms. The Labute approximate surface area is 203 Å². The summed E-state index contributed by atoms with van der Waals surface area (Å²) >= 11 is 11.4. The molecule has 0 saturated carbocycles. The van der Waals surface area contributed by atoms with Crippen LogP contribution in [-0.4, -0.2) is 16.9 Å². The van der Waals surface area contributed by atoms with Gasteiger partial charge in [0.2, 0.25) is 5.91 Å². The van der Waals surface area contributed by atoms with Crippen LogP contribution in [0.2, 0.25) is 5.02 Å². The second-order valence-electron chi connectivity index (χ2n) is 7.50. The van der Waals surface area contributed by atoms with Crippen molar-refractivity contribution in [2.75, 3.05) is 5.32 Å². The van der Waals surface area contributed by atoms with E-state index >= 15 is 0 Å². The highest BCUT2D eigenvalue weighted by Crippen LogP contribution is 2.20. The maximum absolute atomic E-state index is 12.8. The molecule has 6 nitrogen and oxygen atoms in total. The quantitative estimate of drug-likeness (QED) is 0.300. The van der Waals surface area contributed by atoms with Crippen molar-refractivity contribution < 1.29 is 9.59 Å². The molecule has 8 heteroatoms. The molecule has 33 heavy (non-hydrogen) atoms. The summed E-state index contributed by atoms with van der Waals surface area (Å²) in [4.78, 5) is 25.4. The van der Waals surface area contributed by atoms with Crippen molar-refractivity contribution in [1.29, 1.82) is 0 Å². The summed E-state index contributed by atoms with van der Waals surface area (Å²) in [7, 11) is 0. The third-order valence-corrected chi connectivity index (χ3v) is 5.72. The molecular formula is C25H25ClN4O2S. The van der Waals surface area contributed by atoms with E-state index in [1.54, 1.807) is 24.3 Å². The molecule has 0 radical (unpaired) electrons. The van der Waals surface area contributed by atoms with Gasteiger partial charge in [-0.15, -0.1) is 0 Å². The van der Waals surface area contributed by atoms with E-state index in [0.29, 0.717) is 10.6 Å². The third-order valence-electron chi connectivity index (χ3n) is 5.18. The predicted molar refractivity (Wildman–Crippen MR) is 136 cm³/mol. The second kappa shape index (κ2) is 11.4. The van der Waals surface area contributed by atoms with Gasteiger partial charge in [-0.25, -0.2) is 0 Å². The van der Waals surface area contributed by atoms with Crippen molar-refractivity contribution in [1.82, 2.24) is 16.2 Å². The van der Waals surface area contributed by atoms with Crippen molar-refractivity contribution in [3.05, 3.63) is 100 Å². The molecule has 0 saturated heterocycles. The number of benzene rings is 3. The molecule has 0 heterocycles. The van der Waals surface area contributed by atoms with E-state index < -0.39 is 6.04 Å². The van der Waals surface area contributed by atoms with Gasteiger partial charge in [0.15, 0.2) is 5.11 Å². The van der Waals surface area contributed by atoms with E-state index in [1.807, 2.05) is 62.4 Å². The molecule has 3 aromatic rings. The number of aryl methyl sites for hydroxylation is 1. The van der Waals surface area contributed by atoms with Gasteiger partial charge in [0.25, 0.3) is 5.91 Å². The van der Waals surface area contributed by atoms with E-state index in [4.69, 9.17) is 23.8 Å². The lowest BCUT2D eigenvalue weighted by molar-refractivity contribution is -0.122. The lowest BCUT2D eigenvalue weighted by Gasteiger charge is -2.20. The van der Waals surface area contributed by atoms with Crippen LogP contribution >= 0.6 is 23.8 Å². The Kier molecular flexibility index (Phi) is 8.40. The minimum atomic E-state index is -0.558. The summed E-state index contributed by atoms with van der Waals surface area (Å²) in [5.74, 6) is -0.698. The van der Waals surface area contributed by atoms with E-state index in [1.165, 1.54) is 0 Å². The topological polar surface area (TPSA) is 82.3 Å². The van der Waals surface area contributed by atoms with Crippen LogP contribution in [0.15, 0.2) is 72.8 Å². The smallest absolute Gasteiger partial charge is 0.253 e. The standard InChI is InChI=1S/C25H25ClN4O2S/c1-16-9-8-14-21(17(16)2)28-25(33)30-29-23(31)15-22(18-10-4-3-5-11-18)27-24(32)19-12-6-7-13-20(19)26/h3-14,22H,15H2,1-2H3,(H,27,32)(H,29,31)(H2,28,30,33)/t22-/m1/s1. The SMILES string of the molecule is Cc1cccc(NC(=S)NNC(=O)C[C@@H](NC(=O)c2ccccc2Cl)c2ccccc2)c1C. The van der Waals surface area contributed by atoms with Crippen LogP contribution in [0, 0.1) is 13.8 Å². The van der Waals surface area contributed by atoms with Crippen LogP contribution in [0.25, 0.3) is 0 Å². The number of anilines is 1. The van der Waals surface area contributed by atoms with Crippen LogP contribution in [0.3, 0.4) is 0 Å². The first-order valence-corrected chi connectivity index (χ1v) is 11.2. The molecule has 0 fully saturated rings. The third kappa shape index (κ3) is 6.78. The van der Waals surface area contributed by atoms with Crippen LogP contribution < -0.4 is 21.5 Å². The molecule has 2 amide bonds. The molecule has 4 N–H and O–H groups in total. The summed E-state index contributed by atoms with van der Waals surface area (Å²) in [5.41, 5.74) is 9.50. The number of rotatable bonds is 6. The van der Waals surface area contributed by atoms with Crippen molar-refractivity contribution in [3.8, 4) is 0 Å². The number of hydrazine groups is 1. The van der Waals surface area contributed by atoms with Gasteiger partial charge < -0.3 is 10.6 Å². The molecule has 0 aromatic heterocycles. The molecule has 0 bridgehead atoms. The van der Waals surface area contributed by atoms with Crippen molar-refractivity contribution in [3.63, 3.8) is 0 Å². The number of hydrogen-bond donors (Lipinski definition) is 4. The highest BCUT2D eigenvalue weighted by atomic mass is 35.5. The first-order valence-electron chi connectivity index (χ1n) is 10.4. The van der Waals surface area contributed by atoms with Crippen LogP contribution in [0.5, 0.6) is 0 Å². The van der Waals surface area contributed by atoms with Gasteiger partial charge in [0.05, 0.1) is 23.0 Å². The Hall–Kier alpha value is -3.42. The summed E-state index contributed by atoms with van der Waals surface area (Å²) < 4.78 is 0. The zero-order valence-corrected chi connectivity index (χ0v) is 19.9. The number of halogens is 1. The summed E-state index contributed by atoms with van der Waals surface area (Å²) in [6.45, 7) is 4.00. The maximum Gasteiger partial charge on any atom is 0.253 e. The van der Waals surface area contributed by atoms with E-state index in [9.17, 15) is 9.59 Å². The molecule has 0 unspecified atom stereocenters. The fourth-order valence-corrected chi connectivity index (χ4v) is 3.60. The Morgan fingerprint density at radius 1 is 0.909 bits per heavy atom. The van der Waals surface area contributed by atoms with Gasteiger partial charge in [-0.05, 0) is 61.0 Å². The highest BCUT2D eigenvalue weighted by molar-refractivity contribution is 7.80. The highest BCUT2D eigenvalue weighted by Gasteiger charge is 2.20. The normalized spacial score (nSPS) is 11.2. The Balaban J connectivity index is 1.63. The van der Waals surface area contributed by atoms with Gasteiger partial charge in [0, 0.05) is 5.69 Å². The van der Waals surface area contributed by atoms with Crippen LogP contribution in [0.4, 0.5) is 5.69 Å². The minimum Gasteiger partial charge on any atom is -0.345 e.